The minimum Gasteiger partial charge on any atom is -0.493 e. The van der Waals surface area contributed by atoms with Crippen LogP contribution in [0.5, 0.6) is 5.75 Å². The van der Waals surface area contributed by atoms with Crippen LogP contribution in [0.1, 0.15) is 12.8 Å². The van der Waals surface area contributed by atoms with Crippen LogP contribution in [-0.2, 0) is 4.74 Å². The van der Waals surface area contributed by atoms with Crippen molar-refractivity contribution < 1.29 is 9.47 Å². The van der Waals surface area contributed by atoms with Crippen molar-refractivity contribution in [3.8, 4) is 5.75 Å². The van der Waals surface area contributed by atoms with Gasteiger partial charge in [-0.3, -0.25) is 0 Å². The first-order valence-electron chi connectivity index (χ1n) is 5.31. The Morgan fingerprint density at radius 1 is 1.20 bits per heavy atom. The Hall–Kier alpha value is -0.290. The fourth-order valence-corrected chi connectivity index (χ4v) is 2.02. The molecule has 1 aromatic carbocycles. The van der Waals surface area contributed by atoms with E-state index in [0.717, 1.165) is 38.4 Å². The lowest BCUT2D eigenvalue weighted by atomic mass is 10.0. The van der Waals surface area contributed by atoms with Gasteiger partial charge in [-0.15, -0.1) is 0 Å². The summed E-state index contributed by atoms with van der Waals surface area (Å²) in [6, 6.07) is 8.20. The van der Waals surface area contributed by atoms with Crippen molar-refractivity contribution >= 4 is 22.6 Å². The number of benzene rings is 1. The van der Waals surface area contributed by atoms with Gasteiger partial charge in [-0.25, -0.2) is 0 Å². The average Bonchev–Trinajstić information content (AvgIpc) is 2.30. The molecule has 0 aliphatic carbocycles. The summed E-state index contributed by atoms with van der Waals surface area (Å²) in [6.45, 7) is 2.60. The third kappa shape index (κ3) is 3.65. The third-order valence-electron chi connectivity index (χ3n) is 2.64. The van der Waals surface area contributed by atoms with Gasteiger partial charge in [0.25, 0.3) is 0 Å². The summed E-state index contributed by atoms with van der Waals surface area (Å²) in [7, 11) is 0. The third-order valence-corrected chi connectivity index (χ3v) is 3.36. The van der Waals surface area contributed by atoms with E-state index >= 15 is 0 Å². The molecule has 0 N–H and O–H groups in total. The van der Waals surface area contributed by atoms with Gasteiger partial charge in [0, 0.05) is 16.8 Å². The molecule has 1 aliphatic heterocycles. The Bertz CT molecular complexity index is 291. The lowest BCUT2D eigenvalue weighted by molar-refractivity contribution is 0.0497. The molecule has 0 radical (unpaired) electrons. The summed E-state index contributed by atoms with van der Waals surface area (Å²) in [6.07, 6.45) is 2.26. The number of hydrogen-bond acceptors (Lipinski definition) is 2. The van der Waals surface area contributed by atoms with Crippen molar-refractivity contribution in [2.24, 2.45) is 5.92 Å². The zero-order valence-corrected chi connectivity index (χ0v) is 10.8. The highest BCUT2D eigenvalue weighted by molar-refractivity contribution is 14.1. The van der Waals surface area contributed by atoms with Crippen molar-refractivity contribution in [2.45, 2.75) is 12.8 Å². The van der Waals surface area contributed by atoms with Gasteiger partial charge in [0.2, 0.25) is 0 Å². The van der Waals surface area contributed by atoms with Crippen molar-refractivity contribution in [1.82, 2.24) is 0 Å². The van der Waals surface area contributed by atoms with E-state index in [-0.39, 0.29) is 0 Å². The second-order valence-corrected chi connectivity index (χ2v) is 5.07. The van der Waals surface area contributed by atoms with E-state index in [1.165, 1.54) is 3.57 Å². The Balaban J connectivity index is 1.79. The molecule has 0 bridgehead atoms. The van der Waals surface area contributed by atoms with Gasteiger partial charge in [0.05, 0.1) is 6.61 Å². The zero-order valence-electron chi connectivity index (χ0n) is 8.62. The number of halogens is 1. The summed E-state index contributed by atoms with van der Waals surface area (Å²) in [4.78, 5) is 0. The summed E-state index contributed by atoms with van der Waals surface area (Å²) >= 11 is 2.30. The van der Waals surface area contributed by atoms with Crippen LogP contribution in [0.15, 0.2) is 24.3 Å². The fourth-order valence-electron chi connectivity index (χ4n) is 1.66. The van der Waals surface area contributed by atoms with E-state index in [2.05, 4.69) is 34.7 Å². The van der Waals surface area contributed by atoms with Crippen molar-refractivity contribution in [3.63, 3.8) is 0 Å². The lowest BCUT2D eigenvalue weighted by Gasteiger charge is -2.22. The molecule has 1 saturated heterocycles. The Morgan fingerprint density at radius 3 is 2.53 bits per heavy atom. The van der Waals surface area contributed by atoms with Gasteiger partial charge in [-0.2, -0.15) is 0 Å². The van der Waals surface area contributed by atoms with Crippen LogP contribution in [0.4, 0.5) is 0 Å². The molecule has 0 aromatic heterocycles. The van der Waals surface area contributed by atoms with Gasteiger partial charge in [-0.05, 0) is 65.6 Å². The number of ether oxygens (including phenoxy) is 2. The molecule has 2 nitrogen and oxygen atoms in total. The highest BCUT2D eigenvalue weighted by Gasteiger charge is 2.14. The monoisotopic (exact) mass is 318 g/mol. The number of hydrogen-bond donors (Lipinski definition) is 0. The van der Waals surface area contributed by atoms with Crippen LogP contribution in [0, 0.1) is 9.49 Å². The van der Waals surface area contributed by atoms with E-state index in [0.29, 0.717) is 5.92 Å². The molecule has 1 aromatic rings. The molecule has 1 aliphatic rings. The van der Waals surface area contributed by atoms with Crippen LogP contribution >= 0.6 is 22.6 Å². The van der Waals surface area contributed by atoms with Crippen LogP contribution < -0.4 is 4.74 Å². The van der Waals surface area contributed by atoms with Gasteiger partial charge < -0.3 is 9.47 Å². The molecule has 0 atom stereocenters. The summed E-state index contributed by atoms with van der Waals surface area (Å²) in [5, 5.41) is 0. The highest BCUT2D eigenvalue weighted by Crippen LogP contribution is 2.18. The SMILES string of the molecule is Ic1ccc(OCC2CCOCC2)cc1. The first kappa shape index (κ1) is 11.2. The largest absolute Gasteiger partial charge is 0.493 e. The Kier molecular flexibility index (Phi) is 4.26. The van der Waals surface area contributed by atoms with Crippen molar-refractivity contribution in [2.75, 3.05) is 19.8 Å². The fraction of sp³-hybridized carbons (Fsp3) is 0.500. The zero-order chi connectivity index (χ0) is 10.5. The second kappa shape index (κ2) is 5.70. The maximum absolute atomic E-state index is 5.74. The topological polar surface area (TPSA) is 18.5 Å². The standard InChI is InChI=1S/C12H15IO2/c13-11-1-3-12(4-2-11)15-9-10-5-7-14-8-6-10/h1-4,10H,5-9H2. The van der Waals surface area contributed by atoms with E-state index < -0.39 is 0 Å². The van der Waals surface area contributed by atoms with Gasteiger partial charge in [-0.1, -0.05) is 0 Å². The molecule has 1 heterocycles. The van der Waals surface area contributed by atoms with E-state index in [4.69, 9.17) is 9.47 Å². The minimum absolute atomic E-state index is 0.665. The van der Waals surface area contributed by atoms with Crippen LogP contribution in [0.3, 0.4) is 0 Å². The molecule has 2 rings (SSSR count). The van der Waals surface area contributed by atoms with Gasteiger partial charge in [0.1, 0.15) is 5.75 Å². The van der Waals surface area contributed by atoms with Crippen molar-refractivity contribution in [1.29, 1.82) is 0 Å². The van der Waals surface area contributed by atoms with Gasteiger partial charge in [0.15, 0.2) is 0 Å². The van der Waals surface area contributed by atoms with Crippen LogP contribution in [0.25, 0.3) is 0 Å². The predicted molar refractivity (Wildman–Crippen MR) is 68.2 cm³/mol. The lowest BCUT2D eigenvalue weighted by Crippen LogP contribution is -2.21. The smallest absolute Gasteiger partial charge is 0.119 e. The minimum atomic E-state index is 0.665. The average molecular weight is 318 g/mol. The van der Waals surface area contributed by atoms with Crippen LogP contribution in [-0.4, -0.2) is 19.8 Å². The first-order valence-corrected chi connectivity index (χ1v) is 6.38. The molecule has 0 unspecified atom stereocenters. The Morgan fingerprint density at radius 2 is 1.87 bits per heavy atom. The molecular weight excluding hydrogens is 303 g/mol. The van der Waals surface area contributed by atoms with Gasteiger partial charge >= 0.3 is 0 Å². The molecule has 3 heteroatoms. The second-order valence-electron chi connectivity index (χ2n) is 3.82. The summed E-state index contributed by atoms with van der Waals surface area (Å²) < 4.78 is 12.3. The summed E-state index contributed by atoms with van der Waals surface area (Å²) in [5.41, 5.74) is 0. The van der Waals surface area contributed by atoms with E-state index in [9.17, 15) is 0 Å². The Labute approximate surface area is 104 Å². The maximum Gasteiger partial charge on any atom is 0.119 e. The molecule has 15 heavy (non-hydrogen) atoms. The van der Waals surface area contributed by atoms with E-state index in [1.54, 1.807) is 0 Å². The summed E-state index contributed by atoms with van der Waals surface area (Å²) in [5.74, 6) is 1.64. The molecule has 82 valence electrons. The molecule has 0 amide bonds. The normalized spacial score (nSPS) is 17.7. The maximum atomic E-state index is 5.74. The van der Waals surface area contributed by atoms with E-state index in [1.807, 2.05) is 12.1 Å². The molecular formula is C12H15IO2. The number of rotatable bonds is 3. The van der Waals surface area contributed by atoms with Crippen molar-refractivity contribution in [3.05, 3.63) is 27.8 Å². The molecule has 1 fully saturated rings. The molecule has 0 saturated carbocycles. The first-order chi connectivity index (χ1) is 7.34. The highest BCUT2D eigenvalue weighted by atomic mass is 127. The quantitative estimate of drug-likeness (QED) is 0.798. The van der Waals surface area contributed by atoms with Crippen LogP contribution in [0.2, 0.25) is 0 Å². The predicted octanol–water partition coefficient (Wildman–Crippen LogP) is 3.10. The molecule has 0 spiro atoms.